The van der Waals surface area contributed by atoms with E-state index in [-0.39, 0.29) is 18.2 Å². The minimum atomic E-state index is -0.540. The van der Waals surface area contributed by atoms with Crippen molar-refractivity contribution in [3.63, 3.8) is 0 Å². The van der Waals surface area contributed by atoms with Crippen molar-refractivity contribution in [2.45, 2.75) is 26.5 Å². The summed E-state index contributed by atoms with van der Waals surface area (Å²) < 4.78 is 1.77. The van der Waals surface area contributed by atoms with Gasteiger partial charge < -0.3 is 20.3 Å². The largest absolute Gasteiger partial charge is 0.392 e. The van der Waals surface area contributed by atoms with Crippen LogP contribution in [0.15, 0.2) is 48.5 Å². The molecule has 0 bridgehead atoms. The maximum Gasteiger partial charge on any atom is 0.244 e. The van der Waals surface area contributed by atoms with Gasteiger partial charge in [0.1, 0.15) is 6.54 Å². The molecule has 3 N–H and O–H groups in total. The third-order valence-electron chi connectivity index (χ3n) is 4.06. The van der Waals surface area contributed by atoms with Crippen molar-refractivity contribution in [2.75, 3.05) is 17.2 Å². The highest BCUT2D eigenvalue weighted by molar-refractivity contribution is 5.97. The number of Topliss-reactive ketones (excluding diaryl/α,β-unsaturated/α-hetero) is 1. The van der Waals surface area contributed by atoms with Gasteiger partial charge in [0.25, 0.3) is 0 Å². The normalized spacial score (nSPS) is 12.0. The summed E-state index contributed by atoms with van der Waals surface area (Å²) in [6.45, 7) is 3.53. The van der Waals surface area contributed by atoms with Crippen molar-refractivity contribution >= 4 is 34.4 Å². The molecule has 1 heterocycles. The van der Waals surface area contributed by atoms with E-state index in [1.54, 1.807) is 35.8 Å². The Labute approximate surface area is 157 Å². The number of ketones is 1. The average Bonchev–Trinajstić information content (AvgIpc) is 2.97. The Morgan fingerprint density at radius 2 is 1.96 bits per heavy atom. The lowest BCUT2D eigenvalue weighted by Gasteiger charge is -2.12. The fourth-order valence-corrected chi connectivity index (χ4v) is 2.77. The lowest BCUT2D eigenvalue weighted by Crippen LogP contribution is -2.22. The quantitative estimate of drug-likeness (QED) is 0.559. The number of amides is 1. The number of carbonyl (C=O) groups is 2. The molecule has 0 aliphatic carbocycles. The van der Waals surface area contributed by atoms with Gasteiger partial charge in [-0.1, -0.05) is 24.3 Å². The number of fused-ring (bicyclic) bond motifs is 1. The van der Waals surface area contributed by atoms with Gasteiger partial charge in [-0.25, -0.2) is 4.98 Å². The van der Waals surface area contributed by atoms with Gasteiger partial charge in [-0.2, -0.15) is 0 Å². The lowest BCUT2D eigenvalue weighted by atomic mass is 10.1. The molecule has 0 saturated carbocycles. The van der Waals surface area contributed by atoms with Crippen molar-refractivity contribution in [1.29, 1.82) is 0 Å². The number of nitrogens with one attached hydrogen (secondary N) is 2. The zero-order chi connectivity index (χ0) is 19.4. The van der Waals surface area contributed by atoms with Crippen molar-refractivity contribution < 1.29 is 14.7 Å². The second kappa shape index (κ2) is 8.01. The summed E-state index contributed by atoms with van der Waals surface area (Å²) in [5, 5.41) is 15.4. The Morgan fingerprint density at radius 3 is 2.70 bits per heavy atom. The van der Waals surface area contributed by atoms with Gasteiger partial charge in [0.15, 0.2) is 5.78 Å². The molecule has 0 radical (unpaired) electrons. The van der Waals surface area contributed by atoms with Crippen molar-refractivity contribution in [2.24, 2.45) is 0 Å². The van der Waals surface area contributed by atoms with Crippen LogP contribution < -0.4 is 10.6 Å². The smallest absolute Gasteiger partial charge is 0.244 e. The summed E-state index contributed by atoms with van der Waals surface area (Å²) >= 11 is 0. The molecule has 7 heteroatoms. The van der Waals surface area contributed by atoms with Gasteiger partial charge in [-0.3, -0.25) is 9.59 Å². The fourth-order valence-electron chi connectivity index (χ4n) is 2.77. The number of nitrogens with zero attached hydrogens (tertiary/aromatic N) is 2. The van der Waals surface area contributed by atoms with E-state index < -0.39 is 6.10 Å². The van der Waals surface area contributed by atoms with E-state index in [1.165, 1.54) is 6.92 Å². The maximum absolute atomic E-state index is 12.6. The molecular formula is C20H22N4O3. The zero-order valence-electron chi connectivity index (χ0n) is 15.3. The first kappa shape index (κ1) is 18.6. The van der Waals surface area contributed by atoms with Crippen molar-refractivity contribution in [3.8, 4) is 0 Å². The Bertz CT molecular complexity index is 978. The first-order valence-corrected chi connectivity index (χ1v) is 8.72. The highest BCUT2D eigenvalue weighted by atomic mass is 16.3. The molecule has 0 aliphatic heterocycles. The predicted molar refractivity (Wildman–Crippen MR) is 105 cm³/mol. The lowest BCUT2D eigenvalue weighted by molar-refractivity contribution is -0.116. The molecular weight excluding hydrogens is 344 g/mol. The number of para-hydroxylation sites is 2. The van der Waals surface area contributed by atoms with E-state index >= 15 is 0 Å². The third kappa shape index (κ3) is 4.51. The minimum absolute atomic E-state index is 0.0486. The molecule has 1 unspecified atom stereocenters. The van der Waals surface area contributed by atoms with Gasteiger partial charge in [-0.15, -0.1) is 0 Å². The standard InChI is InChI=1S/C20H22N4O3/c1-13(25)11-21-20-23-17-8-3-4-9-18(17)24(20)12-19(27)22-16-7-5-6-15(10-16)14(2)26/h3-10,13,25H,11-12H2,1-2H3,(H,21,23)(H,22,27). The van der Waals surface area contributed by atoms with Crippen molar-refractivity contribution in [3.05, 3.63) is 54.1 Å². The molecule has 0 fully saturated rings. The number of hydrogen-bond donors (Lipinski definition) is 3. The molecule has 2 aromatic carbocycles. The van der Waals surface area contributed by atoms with Crippen LogP contribution in [0, 0.1) is 0 Å². The molecule has 1 amide bonds. The van der Waals surface area contributed by atoms with Crippen LogP contribution in [0.25, 0.3) is 11.0 Å². The predicted octanol–water partition coefficient (Wildman–Crippen LogP) is 2.67. The molecule has 7 nitrogen and oxygen atoms in total. The average molecular weight is 366 g/mol. The Balaban J connectivity index is 1.82. The van der Waals surface area contributed by atoms with Gasteiger partial charge in [-0.05, 0) is 38.1 Å². The monoisotopic (exact) mass is 366 g/mol. The first-order valence-electron chi connectivity index (χ1n) is 8.72. The molecule has 0 spiro atoms. The van der Waals surface area contributed by atoms with Gasteiger partial charge in [0.2, 0.25) is 11.9 Å². The molecule has 140 valence electrons. The van der Waals surface area contributed by atoms with Crippen LogP contribution >= 0.6 is 0 Å². The number of rotatable bonds is 7. The minimum Gasteiger partial charge on any atom is -0.392 e. The van der Waals surface area contributed by atoms with E-state index in [0.29, 0.717) is 23.7 Å². The van der Waals surface area contributed by atoms with Crippen LogP contribution in [0.1, 0.15) is 24.2 Å². The van der Waals surface area contributed by atoms with Gasteiger partial charge in [0, 0.05) is 17.8 Å². The molecule has 3 aromatic rings. The van der Waals surface area contributed by atoms with Crippen molar-refractivity contribution in [1.82, 2.24) is 9.55 Å². The number of benzene rings is 2. The Kier molecular flexibility index (Phi) is 5.52. The van der Waals surface area contributed by atoms with Gasteiger partial charge in [0.05, 0.1) is 17.1 Å². The molecule has 27 heavy (non-hydrogen) atoms. The first-order chi connectivity index (χ1) is 12.9. The highest BCUT2D eigenvalue weighted by Crippen LogP contribution is 2.20. The maximum atomic E-state index is 12.6. The summed E-state index contributed by atoms with van der Waals surface area (Å²) in [6, 6.07) is 14.3. The van der Waals surface area contributed by atoms with Crippen LogP contribution in [-0.2, 0) is 11.3 Å². The molecule has 0 saturated heterocycles. The second-order valence-corrected chi connectivity index (χ2v) is 6.43. The van der Waals surface area contributed by atoms with Crippen LogP contribution in [-0.4, -0.2) is 39.0 Å². The molecule has 1 atom stereocenters. The summed E-state index contributed by atoms with van der Waals surface area (Å²) in [6.07, 6.45) is -0.540. The highest BCUT2D eigenvalue weighted by Gasteiger charge is 2.14. The number of carbonyl (C=O) groups excluding carboxylic acids is 2. The number of aromatic nitrogens is 2. The topological polar surface area (TPSA) is 96.2 Å². The van der Waals surface area contributed by atoms with E-state index in [9.17, 15) is 14.7 Å². The number of aliphatic hydroxyl groups excluding tert-OH is 1. The zero-order valence-corrected chi connectivity index (χ0v) is 15.3. The number of imidazole rings is 1. The van der Waals surface area contributed by atoms with Crippen LogP contribution in [0.3, 0.4) is 0 Å². The summed E-state index contributed by atoms with van der Waals surface area (Å²) in [4.78, 5) is 28.6. The molecule has 1 aromatic heterocycles. The summed E-state index contributed by atoms with van der Waals surface area (Å²) in [5.74, 6) is 0.222. The molecule has 0 aliphatic rings. The second-order valence-electron chi connectivity index (χ2n) is 6.43. The number of anilines is 2. The van der Waals surface area contributed by atoms with Crippen LogP contribution in [0.2, 0.25) is 0 Å². The SMILES string of the molecule is CC(=O)c1cccc(NC(=O)Cn2c(NCC(C)O)nc3ccccc32)c1. The van der Waals surface area contributed by atoms with E-state index in [4.69, 9.17) is 0 Å². The number of aliphatic hydroxyl groups is 1. The van der Waals surface area contributed by atoms with E-state index in [0.717, 1.165) is 11.0 Å². The number of hydrogen-bond acceptors (Lipinski definition) is 5. The van der Waals surface area contributed by atoms with E-state index in [1.807, 2.05) is 24.3 Å². The van der Waals surface area contributed by atoms with Gasteiger partial charge >= 0.3 is 0 Å². The van der Waals surface area contributed by atoms with E-state index in [2.05, 4.69) is 15.6 Å². The Hall–Kier alpha value is -3.19. The summed E-state index contributed by atoms with van der Waals surface area (Å²) in [7, 11) is 0. The Morgan fingerprint density at radius 1 is 1.19 bits per heavy atom. The summed E-state index contributed by atoms with van der Waals surface area (Å²) in [5.41, 5.74) is 2.69. The fraction of sp³-hybridized carbons (Fsp3) is 0.250. The third-order valence-corrected chi connectivity index (χ3v) is 4.06. The molecule has 3 rings (SSSR count). The van der Waals surface area contributed by atoms with Crippen LogP contribution in [0.4, 0.5) is 11.6 Å². The van der Waals surface area contributed by atoms with Crippen LogP contribution in [0.5, 0.6) is 0 Å².